The SMILES string of the molecule is CC(C)(N)CNC(=O)CCCO[N+](=O)[O-]. The third-order valence-corrected chi connectivity index (χ3v) is 1.49. The summed E-state index contributed by atoms with van der Waals surface area (Å²) in [5.41, 5.74) is 5.20. The Labute approximate surface area is 88.1 Å². The molecule has 7 nitrogen and oxygen atoms in total. The second kappa shape index (κ2) is 6.18. The summed E-state index contributed by atoms with van der Waals surface area (Å²) in [4.78, 5) is 25.0. The number of amides is 1. The number of nitrogens with zero attached hydrogens (tertiary/aromatic N) is 1. The number of rotatable bonds is 7. The Morgan fingerprint density at radius 2 is 2.20 bits per heavy atom. The molecule has 88 valence electrons. The van der Waals surface area contributed by atoms with E-state index in [0.29, 0.717) is 13.0 Å². The predicted octanol–water partition coefficient (Wildman–Crippen LogP) is -0.172. The van der Waals surface area contributed by atoms with Crippen LogP contribution in [0.4, 0.5) is 0 Å². The minimum absolute atomic E-state index is 0.0631. The van der Waals surface area contributed by atoms with E-state index >= 15 is 0 Å². The lowest BCUT2D eigenvalue weighted by Gasteiger charge is -2.18. The van der Waals surface area contributed by atoms with E-state index in [2.05, 4.69) is 10.2 Å². The van der Waals surface area contributed by atoms with Crippen LogP contribution in [-0.2, 0) is 9.63 Å². The molecule has 0 rings (SSSR count). The van der Waals surface area contributed by atoms with Crippen LogP contribution in [-0.4, -0.2) is 29.7 Å². The van der Waals surface area contributed by atoms with Gasteiger partial charge >= 0.3 is 0 Å². The van der Waals surface area contributed by atoms with E-state index in [4.69, 9.17) is 5.73 Å². The van der Waals surface area contributed by atoms with Gasteiger partial charge in [-0.05, 0) is 20.3 Å². The van der Waals surface area contributed by atoms with Gasteiger partial charge in [-0.15, -0.1) is 10.1 Å². The van der Waals surface area contributed by atoms with Gasteiger partial charge in [0, 0.05) is 18.5 Å². The summed E-state index contributed by atoms with van der Waals surface area (Å²) >= 11 is 0. The Hall–Kier alpha value is -1.37. The van der Waals surface area contributed by atoms with Gasteiger partial charge in [-0.1, -0.05) is 0 Å². The fourth-order valence-corrected chi connectivity index (χ4v) is 0.787. The van der Waals surface area contributed by atoms with Crippen LogP contribution in [0.15, 0.2) is 0 Å². The minimum Gasteiger partial charge on any atom is -0.354 e. The number of hydrogen-bond acceptors (Lipinski definition) is 5. The molecular weight excluding hydrogens is 202 g/mol. The summed E-state index contributed by atoms with van der Waals surface area (Å²) in [5, 5.41) is 11.5. The number of carbonyl (C=O) groups excluding carboxylic acids is 1. The molecule has 0 bridgehead atoms. The van der Waals surface area contributed by atoms with Crippen molar-refractivity contribution in [3.05, 3.63) is 10.1 Å². The highest BCUT2D eigenvalue weighted by atomic mass is 16.9. The fraction of sp³-hybridized carbons (Fsp3) is 0.875. The summed E-state index contributed by atoms with van der Waals surface area (Å²) in [6, 6.07) is 0. The first-order valence-corrected chi connectivity index (χ1v) is 4.64. The van der Waals surface area contributed by atoms with Gasteiger partial charge in [0.25, 0.3) is 5.09 Å². The topological polar surface area (TPSA) is 107 Å². The highest BCUT2D eigenvalue weighted by Gasteiger charge is 2.11. The maximum Gasteiger partial charge on any atom is 0.294 e. The van der Waals surface area contributed by atoms with E-state index < -0.39 is 10.6 Å². The Bertz CT molecular complexity index is 224. The zero-order valence-corrected chi connectivity index (χ0v) is 8.99. The molecule has 0 radical (unpaired) electrons. The van der Waals surface area contributed by atoms with Gasteiger partial charge in [-0.25, -0.2) is 0 Å². The molecule has 1 amide bonds. The molecule has 15 heavy (non-hydrogen) atoms. The zero-order valence-electron chi connectivity index (χ0n) is 8.99. The monoisotopic (exact) mass is 219 g/mol. The highest BCUT2D eigenvalue weighted by molar-refractivity contribution is 5.75. The zero-order chi connectivity index (χ0) is 11.9. The lowest BCUT2D eigenvalue weighted by molar-refractivity contribution is -0.757. The lowest BCUT2D eigenvalue weighted by atomic mass is 10.1. The van der Waals surface area contributed by atoms with Crippen molar-refractivity contribution >= 4 is 5.91 Å². The van der Waals surface area contributed by atoms with E-state index in [1.54, 1.807) is 13.8 Å². The molecule has 0 aromatic heterocycles. The Morgan fingerprint density at radius 1 is 1.60 bits per heavy atom. The normalized spacial score (nSPS) is 10.9. The van der Waals surface area contributed by atoms with Crippen LogP contribution in [0.1, 0.15) is 26.7 Å². The van der Waals surface area contributed by atoms with Crippen molar-refractivity contribution < 1.29 is 14.7 Å². The first-order valence-electron chi connectivity index (χ1n) is 4.64. The molecule has 0 aliphatic rings. The molecule has 3 N–H and O–H groups in total. The third-order valence-electron chi connectivity index (χ3n) is 1.49. The average molecular weight is 219 g/mol. The molecule has 0 saturated carbocycles. The molecule has 0 heterocycles. The van der Waals surface area contributed by atoms with E-state index in [1.807, 2.05) is 0 Å². The van der Waals surface area contributed by atoms with Crippen molar-refractivity contribution in [1.82, 2.24) is 5.32 Å². The molecular formula is C8H17N3O4. The fourth-order valence-electron chi connectivity index (χ4n) is 0.787. The summed E-state index contributed by atoms with van der Waals surface area (Å²) in [6.07, 6.45) is 0.516. The molecule has 0 fully saturated rings. The largest absolute Gasteiger partial charge is 0.354 e. The Balaban J connectivity index is 3.46. The quantitative estimate of drug-likeness (QED) is 0.351. The second-order valence-corrected chi connectivity index (χ2v) is 3.93. The van der Waals surface area contributed by atoms with Gasteiger partial charge in [0.2, 0.25) is 5.91 Å². The first kappa shape index (κ1) is 13.6. The average Bonchev–Trinajstić information content (AvgIpc) is 2.07. The number of hydrogen-bond donors (Lipinski definition) is 2. The van der Waals surface area contributed by atoms with E-state index in [9.17, 15) is 14.9 Å². The molecule has 0 saturated heterocycles. The summed E-state index contributed by atoms with van der Waals surface area (Å²) in [6.45, 7) is 3.90. The summed E-state index contributed by atoms with van der Waals surface area (Å²) < 4.78 is 0. The van der Waals surface area contributed by atoms with Crippen LogP contribution >= 0.6 is 0 Å². The van der Waals surface area contributed by atoms with Gasteiger partial charge in [0.1, 0.15) is 0 Å². The van der Waals surface area contributed by atoms with Crippen molar-refractivity contribution in [1.29, 1.82) is 0 Å². The van der Waals surface area contributed by atoms with Gasteiger partial charge < -0.3 is 15.9 Å². The second-order valence-electron chi connectivity index (χ2n) is 3.93. The molecule has 0 spiro atoms. The van der Waals surface area contributed by atoms with Crippen LogP contribution in [0.3, 0.4) is 0 Å². The standard InChI is InChI=1S/C8H17N3O4/c1-8(2,9)6-10-7(12)4-3-5-15-11(13)14/h3-6,9H2,1-2H3,(H,10,12). The smallest absolute Gasteiger partial charge is 0.294 e. The molecule has 0 aliphatic heterocycles. The van der Waals surface area contributed by atoms with Crippen LogP contribution in [0.25, 0.3) is 0 Å². The van der Waals surface area contributed by atoms with Crippen molar-refractivity contribution in [3.8, 4) is 0 Å². The Kier molecular flexibility index (Phi) is 5.61. The van der Waals surface area contributed by atoms with Gasteiger partial charge in [-0.3, -0.25) is 4.79 Å². The summed E-state index contributed by atoms with van der Waals surface area (Å²) in [5.74, 6) is -0.180. The van der Waals surface area contributed by atoms with Crippen LogP contribution < -0.4 is 11.1 Å². The third kappa shape index (κ3) is 10.6. The molecule has 0 aromatic carbocycles. The number of nitrogens with two attached hydrogens (primary N) is 1. The van der Waals surface area contributed by atoms with E-state index in [0.717, 1.165) is 0 Å². The maximum atomic E-state index is 11.1. The van der Waals surface area contributed by atoms with Crippen LogP contribution in [0, 0.1) is 10.1 Å². The molecule has 0 aliphatic carbocycles. The van der Waals surface area contributed by atoms with Crippen molar-refractivity contribution in [3.63, 3.8) is 0 Å². The highest BCUT2D eigenvalue weighted by Crippen LogP contribution is 1.95. The van der Waals surface area contributed by atoms with Crippen molar-refractivity contribution in [2.24, 2.45) is 5.73 Å². The Morgan fingerprint density at radius 3 is 2.67 bits per heavy atom. The van der Waals surface area contributed by atoms with Gasteiger partial charge in [0.05, 0.1) is 6.61 Å². The maximum absolute atomic E-state index is 11.1. The van der Waals surface area contributed by atoms with E-state index in [-0.39, 0.29) is 18.9 Å². The lowest BCUT2D eigenvalue weighted by Crippen LogP contribution is -2.45. The van der Waals surface area contributed by atoms with Gasteiger partial charge in [0.15, 0.2) is 0 Å². The van der Waals surface area contributed by atoms with E-state index in [1.165, 1.54) is 0 Å². The molecule has 7 heteroatoms. The molecule has 0 aromatic rings. The van der Waals surface area contributed by atoms with Crippen LogP contribution in [0.5, 0.6) is 0 Å². The van der Waals surface area contributed by atoms with Crippen molar-refractivity contribution in [2.45, 2.75) is 32.2 Å². The minimum atomic E-state index is -0.874. The van der Waals surface area contributed by atoms with Crippen molar-refractivity contribution in [2.75, 3.05) is 13.2 Å². The number of carbonyl (C=O) groups is 1. The predicted molar refractivity (Wildman–Crippen MR) is 53.5 cm³/mol. The van der Waals surface area contributed by atoms with Crippen LogP contribution in [0.2, 0.25) is 0 Å². The molecule has 0 unspecified atom stereocenters. The number of nitrogens with one attached hydrogen (secondary N) is 1. The summed E-state index contributed by atoms with van der Waals surface area (Å²) in [7, 11) is 0. The first-order chi connectivity index (χ1) is 6.81. The van der Waals surface area contributed by atoms with Gasteiger partial charge in [-0.2, -0.15) is 0 Å². The molecule has 0 atom stereocenters.